The normalized spacial score (nSPS) is 12.2. The largest absolute Gasteiger partial charge is 0.416 e. The highest BCUT2D eigenvalue weighted by molar-refractivity contribution is 5.76. The van der Waals surface area contributed by atoms with E-state index in [0.29, 0.717) is 24.1 Å². The van der Waals surface area contributed by atoms with Crippen LogP contribution in [0.5, 0.6) is 0 Å². The van der Waals surface area contributed by atoms with E-state index in [0.717, 1.165) is 12.1 Å². The van der Waals surface area contributed by atoms with E-state index in [9.17, 15) is 13.2 Å². The van der Waals surface area contributed by atoms with E-state index in [4.69, 9.17) is 5.73 Å². The van der Waals surface area contributed by atoms with Crippen molar-refractivity contribution in [2.75, 3.05) is 6.54 Å². The van der Waals surface area contributed by atoms with Crippen LogP contribution in [0.1, 0.15) is 5.56 Å². The fourth-order valence-corrected chi connectivity index (χ4v) is 1.56. The van der Waals surface area contributed by atoms with Crippen LogP contribution < -0.4 is 5.73 Å². The van der Waals surface area contributed by atoms with Gasteiger partial charge in [0, 0.05) is 13.1 Å². The quantitative estimate of drug-likeness (QED) is 0.856. The molecule has 0 aliphatic carbocycles. The van der Waals surface area contributed by atoms with Crippen LogP contribution in [-0.2, 0) is 12.7 Å². The molecule has 2 rings (SSSR count). The average molecular weight is 229 g/mol. The molecule has 0 saturated heterocycles. The molecule has 2 N–H and O–H groups in total. The van der Waals surface area contributed by atoms with Gasteiger partial charge in [0.2, 0.25) is 0 Å². The number of nitrogens with zero attached hydrogens (tertiary/aromatic N) is 2. The number of benzene rings is 1. The average Bonchev–Trinajstić information content (AvgIpc) is 2.60. The van der Waals surface area contributed by atoms with E-state index in [1.165, 1.54) is 12.4 Å². The summed E-state index contributed by atoms with van der Waals surface area (Å²) in [7, 11) is 0. The highest BCUT2D eigenvalue weighted by atomic mass is 19.4. The van der Waals surface area contributed by atoms with E-state index in [2.05, 4.69) is 4.98 Å². The molecule has 0 atom stereocenters. The molecule has 2 aromatic rings. The van der Waals surface area contributed by atoms with Gasteiger partial charge in [-0.05, 0) is 18.2 Å². The van der Waals surface area contributed by atoms with E-state index < -0.39 is 11.7 Å². The molecule has 1 aromatic carbocycles. The summed E-state index contributed by atoms with van der Waals surface area (Å²) < 4.78 is 39.0. The summed E-state index contributed by atoms with van der Waals surface area (Å²) in [6.07, 6.45) is -2.83. The fraction of sp³-hybridized carbons (Fsp3) is 0.300. The fourth-order valence-electron chi connectivity index (χ4n) is 1.56. The van der Waals surface area contributed by atoms with Gasteiger partial charge < -0.3 is 10.3 Å². The number of halogens is 3. The van der Waals surface area contributed by atoms with Crippen LogP contribution in [-0.4, -0.2) is 16.1 Å². The molecule has 3 nitrogen and oxygen atoms in total. The maximum absolute atomic E-state index is 12.4. The van der Waals surface area contributed by atoms with Crippen LogP contribution in [0.15, 0.2) is 24.5 Å². The molecule has 86 valence electrons. The van der Waals surface area contributed by atoms with Crippen molar-refractivity contribution < 1.29 is 13.2 Å². The van der Waals surface area contributed by atoms with Gasteiger partial charge in [-0.3, -0.25) is 0 Å². The number of alkyl halides is 3. The van der Waals surface area contributed by atoms with E-state index in [1.807, 2.05) is 0 Å². The Bertz CT molecular complexity index is 501. The zero-order valence-electron chi connectivity index (χ0n) is 8.33. The molecule has 0 spiro atoms. The Morgan fingerprint density at radius 2 is 2.06 bits per heavy atom. The first kappa shape index (κ1) is 10.9. The van der Waals surface area contributed by atoms with Crippen molar-refractivity contribution in [1.82, 2.24) is 9.55 Å². The lowest BCUT2D eigenvalue weighted by atomic mass is 10.2. The lowest BCUT2D eigenvalue weighted by Gasteiger charge is -2.06. The van der Waals surface area contributed by atoms with Crippen LogP contribution in [0.25, 0.3) is 11.0 Å². The lowest BCUT2D eigenvalue weighted by molar-refractivity contribution is -0.137. The van der Waals surface area contributed by atoms with Crippen molar-refractivity contribution in [2.45, 2.75) is 12.7 Å². The molecule has 6 heteroatoms. The third-order valence-corrected chi connectivity index (χ3v) is 2.32. The maximum Gasteiger partial charge on any atom is 0.416 e. The minimum atomic E-state index is -4.33. The molecule has 0 aliphatic heterocycles. The molecule has 0 unspecified atom stereocenters. The highest BCUT2D eigenvalue weighted by Gasteiger charge is 2.30. The van der Waals surface area contributed by atoms with Gasteiger partial charge in [-0.1, -0.05) is 0 Å². The molecule has 0 radical (unpaired) electrons. The van der Waals surface area contributed by atoms with Crippen LogP contribution in [0.4, 0.5) is 13.2 Å². The summed E-state index contributed by atoms with van der Waals surface area (Å²) in [5.74, 6) is 0. The topological polar surface area (TPSA) is 43.8 Å². The smallest absolute Gasteiger partial charge is 0.329 e. The molecular formula is C10H10F3N3. The standard InChI is InChI=1S/C10H10F3N3/c11-10(12,13)7-1-2-9-8(5-7)15-6-16(9)4-3-14/h1-2,5-6H,3-4,14H2. The summed E-state index contributed by atoms with van der Waals surface area (Å²) in [5.41, 5.74) is 5.70. The van der Waals surface area contributed by atoms with Crippen LogP contribution >= 0.6 is 0 Å². The molecule has 0 aliphatic rings. The molecule has 0 bridgehead atoms. The van der Waals surface area contributed by atoms with Gasteiger partial charge in [-0.15, -0.1) is 0 Å². The van der Waals surface area contributed by atoms with Crippen molar-refractivity contribution in [1.29, 1.82) is 0 Å². The highest BCUT2D eigenvalue weighted by Crippen LogP contribution is 2.30. The summed E-state index contributed by atoms with van der Waals surface area (Å²) in [5, 5.41) is 0. The second kappa shape index (κ2) is 3.79. The van der Waals surface area contributed by atoms with Gasteiger partial charge in [0.1, 0.15) is 0 Å². The number of imidazole rings is 1. The van der Waals surface area contributed by atoms with Crippen LogP contribution in [0.3, 0.4) is 0 Å². The van der Waals surface area contributed by atoms with Crippen molar-refractivity contribution in [3.05, 3.63) is 30.1 Å². The van der Waals surface area contributed by atoms with Gasteiger partial charge in [-0.2, -0.15) is 13.2 Å². The number of nitrogens with two attached hydrogens (primary N) is 1. The van der Waals surface area contributed by atoms with Crippen LogP contribution in [0, 0.1) is 0 Å². The van der Waals surface area contributed by atoms with Crippen LogP contribution in [0.2, 0.25) is 0 Å². The van der Waals surface area contributed by atoms with E-state index in [-0.39, 0.29) is 0 Å². The molecular weight excluding hydrogens is 219 g/mol. The van der Waals surface area contributed by atoms with E-state index >= 15 is 0 Å². The molecule has 0 amide bonds. The minimum absolute atomic E-state index is 0.336. The van der Waals surface area contributed by atoms with Crippen molar-refractivity contribution in [3.63, 3.8) is 0 Å². The third-order valence-electron chi connectivity index (χ3n) is 2.32. The first-order valence-corrected chi connectivity index (χ1v) is 4.74. The number of hydrogen-bond acceptors (Lipinski definition) is 2. The summed E-state index contributed by atoms with van der Waals surface area (Å²) in [4.78, 5) is 3.92. The number of aromatic nitrogens is 2. The summed E-state index contributed by atoms with van der Waals surface area (Å²) >= 11 is 0. The Morgan fingerprint density at radius 1 is 1.31 bits per heavy atom. The minimum Gasteiger partial charge on any atom is -0.329 e. The Kier molecular flexibility index (Phi) is 2.59. The monoisotopic (exact) mass is 229 g/mol. The summed E-state index contributed by atoms with van der Waals surface area (Å²) in [6, 6.07) is 3.51. The molecule has 1 aromatic heterocycles. The Morgan fingerprint density at radius 3 is 2.69 bits per heavy atom. The zero-order valence-corrected chi connectivity index (χ0v) is 8.33. The Balaban J connectivity index is 2.49. The second-order valence-electron chi connectivity index (χ2n) is 3.43. The van der Waals surface area contributed by atoms with Gasteiger partial charge in [-0.25, -0.2) is 4.98 Å². The predicted octanol–water partition coefficient (Wildman–Crippen LogP) is 2.01. The Hall–Kier alpha value is -1.56. The Labute approximate surface area is 89.7 Å². The molecule has 0 saturated carbocycles. The van der Waals surface area contributed by atoms with Gasteiger partial charge in [0.05, 0.1) is 22.9 Å². The SMILES string of the molecule is NCCn1cnc2cc(C(F)(F)F)ccc21. The van der Waals surface area contributed by atoms with Crippen molar-refractivity contribution in [2.24, 2.45) is 5.73 Å². The molecule has 16 heavy (non-hydrogen) atoms. The predicted molar refractivity (Wildman–Crippen MR) is 53.8 cm³/mol. The van der Waals surface area contributed by atoms with Gasteiger partial charge in [0.25, 0.3) is 0 Å². The molecule has 1 heterocycles. The van der Waals surface area contributed by atoms with Crippen molar-refractivity contribution >= 4 is 11.0 Å². The van der Waals surface area contributed by atoms with E-state index in [1.54, 1.807) is 4.57 Å². The van der Waals surface area contributed by atoms with Gasteiger partial charge in [0.15, 0.2) is 0 Å². The maximum atomic E-state index is 12.4. The second-order valence-corrected chi connectivity index (χ2v) is 3.43. The number of fused-ring (bicyclic) bond motifs is 1. The zero-order chi connectivity index (χ0) is 11.8. The van der Waals surface area contributed by atoms with Gasteiger partial charge >= 0.3 is 6.18 Å². The first-order chi connectivity index (χ1) is 7.52. The molecule has 0 fully saturated rings. The lowest BCUT2D eigenvalue weighted by Crippen LogP contribution is -2.09. The summed E-state index contributed by atoms with van der Waals surface area (Å²) in [6.45, 7) is 0.967. The first-order valence-electron chi connectivity index (χ1n) is 4.74. The van der Waals surface area contributed by atoms with Crippen molar-refractivity contribution in [3.8, 4) is 0 Å². The number of rotatable bonds is 2. The third kappa shape index (κ3) is 1.88. The number of hydrogen-bond donors (Lipinski definition) is 1.